The first-order valence-corrected chi connectivity index (χ1v) is 12.4. The molecule has 192 valence electrons. The molecule has 8 nitrogen and oxygen atoms in total. The molecule has 0 bridgehead atoms. The number of nitrogens with one attached hydrogen (secondary N) is 1. The van der Waals surface area contributed by atoms with Crippen LogP contribution in [0.15, 0.2) is 66.7 Å². The molecular weight excluding hydrogens is 482 g/mol. The maximum atomic E-state index is 13.1. The van der Waals surface area contributed by atoms with Crippen LogP contribution < -0.4 is 10.1 Å². The Balaban J connectivity index is 1.88. The first-order chi connectivity index (χ1) is 17.6. The highest BCUT2D eigenvalue weighted by atomic mass is 32.1. The Morgan fingerprint density at radius 1 is 1.00 bits per heavy atom. The van der Waals surface area contributed by atoms with Gasteiger partial charge in [0.05, 0.1) is 24.7 Å². The molecule has 0 spiro atoms. The number of para-hydroxylation sites is 1. The summed E-state index contributed by atoms with van der Waals surface area (Å²) in [5, 5.41) is 13.9. The molecule has 0 aliphatic carbocycles. The molecule has 0 heterocycles. The Labute approximate surface area is 215 Å². The van der Waals surface area contributed by atoms with Crippen molar-refractivity contribution in [3.8, 4) is 5.75 Å². The number of anilines is 1. The van der Waals surface area contributed by atoms with E-state index in [2.05, 4.69) is 17.9 Å². The number of aliphatic hydroxyl groups excluding tert-OH is 1. The summed E-state index contributed by atoms with van der Waals surface area (Å²) in [6.07, 6.45) is -1.93. The van der Waals surface area contributed by atoms with Gasteiger partial charge in [0, 0.05) is 24.0 Å². The number of fused-ring (bicyclic) bond motifs is 1. The van der Waals surface area contributed by atoms with E-state index in [0.717, 1.165) is 10.8 Å². The van der Waals surface area contributed by atoms with Crippen molar-refractivity contribution in [2.75, 3.05) is 37.5 Å². The Morgan fingerprint density at radius 3 is 2.53 bits per heavy atom. The summed E-state index contributed by atoms with van der Waals surface area (Å²) in [5.74, 6) is -0.0391. The number of carbonyl (C=O) groups excluding carboxylic acids is 2. The third-order valence-corrected chi connectivity index (χ3v) is 5.61. The number of esters is 1. The third kappa shape index (κ3) is 7.61. The molecule has 0 unspecified atom stereocenters. The molecule has 3 rings (SSSR count). The van der Waals surface area contributed by atoms with E-state index in [9.17, 15) is 14.7 Å². The summed E-state index contributed by atoms with van der Waals surface area (Å²) < 4.78 is 22.8. The Morgan fingerprint density at radius 2 is 1.75 bits per heavy atom. The van der Waals surface area contributed by atoms with Crippen molar-refractivity contribution < 1.29 is 33.6 Å². The van der Waals surface area contributed by atoms with Gasteiger partial charge < -0.3 is 24.1 Å². The highest BCUT2D eigenvalue weighted by Crippen LogP contribution is 2.34. The fraction of sp³-hybridized carbons (Fsp3) is 0.333. The van der Waals surface area contributed by atoms with Crippen molar-refractivity contribution in [3.63, 3.8) is 0 Å². The van der Waals surface area contributed by atoms with Crippen LogP contribution in [0, 0.1) is 0 Å². The predicted molar refractivity (Wildman–Crippen MR) is 141 cm³/mol. The van der Waals surface area contributed by atoms with Crippen LogP contribution >= 0.6 is 12.6 Å². The van der Waals surface area contributed by atoms with Gasteiger partial charge in [-0.2, -0.15) is 12.6 Å². The SMILES string of the molecule is CCO[C@@H](CCOC(=O)CS)[C@@H](OC(=O)Nc1cccc2ccccc12)c1ccccc1OCCO. The molecule has 3 aromatic rings. The summed E-state index contributed by atoms with van der Waals surface area (Å²) in [5.41, 5.74) is 1.18. The Hall–Kier alpha value is -3.27. The monoisotopic (exact) mass is 513 g/mol. The first-order valence-electron chi connectivity index (χ1n) is 11.7. The minimum Gasteiger partial charge on any atom is -0.491 e. The molecule has 3 aromatic carbocycles. The molecule has 2 N–H and O–H groups in total. The minimum atomic E-state index is -0.885. The van der Waals surface area contributed by atoms with Crippen LogP contribution in [-0.2, 0) is 19.0 Å². The van der Waals surface area contributed by atoms with Crippen molar-refractivity contribution in [1.82, 2.24) is 0 Å². The van der Waals surface area contributed by atoms with Gasteiger partial charge in [-0.3, -0.25) is 10.1 Å². The quantitative estimate of drug-likeness (QED) is 0.223. The summed E-state index contributed by atoms with van der Waals surface area (Å²) in [7, 11) is 0. The Bertz CT molecular complexity index is 1130. The van der Waals surface area contributed by atoms with Gasteiger partial charge in [-0.05, 0) is 24.4 Å². The fourth-order valence-electron chi connectivity index (χ4n) is 3.80. The van der Waals surface area contributed by atoms with Crippen molar-refractivity contribution >= 4 is 41.2 Å². The van der Waals surface area contributed by atoms with E-state index in [1.165, 1.54) is 0 Å². The molecule has 0 aliphatic heterocycles. The summed E-state index contributed by atoms with van der Waals surface area (Å²) in [6, 6.07) is 20.4. The number of carbonyl (C=O) groups is 2. The molecule has 0 saturated heterocycles. The van der Waals surface area contributed by atoms with Gasteiger partial charge in [0.1, 0.15) is 18.5 Å². The van der Waals surface area contributed by atoms with E-state index in [1.807, 2.05) is 43.3 Å². The van der Waals surface area contributed by atoms with Gasteiger partial charge in [-0.25, -0.2) is 4.79 Å². The van der Waals surface area contributed by atoms with Crippen LogP contribution in [0.1, 0.15) is 25.0 Å². The molecule has 1 amide bonds. The zero-order chi connectivity index (χ0) is 25.8. The number of rotatable bonds is 13. The van der Waals surface area contributed by atoms with E-state index in [1.54, 1.807) is 30.3 Å². The van der Waals surface area contributed by atoms with E-state index >= 15 is 0 Å². The largest absolute Gasteiger partial charge is 0.491 e. The molecule has 0 saturated carbocycles. The minimum absolute atomic E-state index is 0.0372. The summed E-state index contributed by atoms with van der Waals surface area (Å²) >= 11 is 3.92. The van der Waals surface area contributed by atoms with Crippen LogP contribution in [0.4, 0.5) is 10.5 Å². The Kier molecular flexibility index (Phi) is 10.9. The molecule has 9 heteroatoms. The maximum Gasteiger partial charge on any atom is 0.412 e. The predicted octanol–water partition coefficient (Wildman–Crippen LogP) is 4.77. The highest BCUT2D eigenvalue weighted by Gasteiger charge is 2.31. The van der Waals surface area contributed by atoms with Crippen LogP contribution in [-0.4, -0.2) is 55.5 Å². The zero-order valence-electron chi connectivity index (χ0n) is 20.1. The van der Waals surface area contributed by atoms with E-state index in [4.69, 9.17) is 18.9 Å². The number of hydrogen-bond acceptors (Lipinski definition) is 8. The normalized spacial score (nSPS) is 12.5. The number of hydrogen-bond donors (Lipinski definition) is 3. The van der Waals surface area contributed by atoms with E-state index < -0.39 is 24.3 Å². The van der Waals surface area contributed by atoms with Gasteiger partial charge in [0.25, 0.3) is 0 Å². The molecule has 2 atom stereocenters. The van der Waals surface area contributed by atoms with Gasteiger partial charge >= 0.3 is 12.1 Å². The fourth-order valence-corrected chi connectivity index (χ4v) is 3.89. The first kappa shape index (κ1) is 27.3. The topological polar surface area (TPSA) is 103 Å². The lowest BCUT2D eigenvalue weighted by Crippen LogP contribution is -2.31. The second kappa shape index (κ2) is 14.3. The van der Waals surface area contributed by atoms with Crippen LogP contribution in [0.25, 0.3) is 10.8 Å². The lowest BCUT2D eigenvalue weighted by molar-refractivity contribution is -0.142. The smallest absolute Gasteiger partial charge is 0.412 e. The van der Waals surface area contributed by atoms with Crippen molar-refractivity contribution in [1.29, 1.82) is 0 Å². The van der Waals surface area contributed by atoms with Crippen molar-refractivity contribution in [2.24, 2.45) is 0 Å². The second-order valence-corrected chi connectivity index (χ2v) is 8.06. The summed E-state index contributed by atoms with van der Waals surface area (Å²) in [4.78, 5) is 24.7. The van der Waals surface area contributed by atoms with Gasteiger partial charge in [0.2, 0.25) is 0 Å². The molecule has 0 aliphatic rings. The number of ether oxygens (including phenoxy) is 4. The van der Waals surface area contributed by atoms with Crippen LogP contribution in [0.3, 0.4) is 0 Å². The van der Waals surface area contributed by atoms with Gasteiger partial charge in [-0.1, -0.05) is 54.6 Å². The highest BCUT2D eigenvalue weighted by molar-refractivity contribution is 7.81. The number of amides is 1. The van der Waals surface area contributed by atoms with Crippen LogP contribution in [0.5, 0.6) is 5.75 Å². The third-order valence-electron chi connectivity index (χ3n) is 5.35. The average Bonchev–Trinajstić information content (AvgIpc) is 2.90. The molecule has 36 heavy (non-hydrogen) atoms. The van der Waals surface area contributed by atoms with Crippen LogP contribution in [0.2, 0.25) is 0 Å². The average molecular weight is 514 g/mol. The van der Waals surface area contributed by atoms with E-state index in [0.29, 0.717) is 23.6 Å². The molecule has 0 fully saturated rings. The molecule has 0 radical (unpaired) electrons. The molecular formula is C27H31NO7S. The van der Waals surface area contributed by atoms with E-state index in [-0.39, 0.29) is 32.0 Å². The standard InChI is InChI=1S/C27H31NO7S/c1-2-32-24(14-16-34-25(30)18-36)26(21-11-5-6-13-23(21)33-17-15-29)35-27(31)28-22-12-7-9-19-8-3-4-10-20(19)22/h3-13,24,26,29,36H,2,14-18H2,1H3,(H,28,31)/t24-,26-/m0/s1. The zero-order valence-corrected chi connectivity index (χ0v) is 21.0. The number of thiol groups is 1. The van der Waals surface area contributed by atoms with Gasteiger partial charge in [0.15, 0.2) is 6.10 Å². The molecule has 0 aromatic heterocycles. The number of aliphatic hydroxyl groups is 1. The summed E-state index contributed by atoms with van der Waals surface area (Å²) in [6.45, 7) is 2.14. The van der Waals surface area contributed by atoms with Crippen molar-refractivity contribution in [3.05, 3.63) is 72.3 Å². The van der Waals surface area contributed by atoms with Crippen molar-refractivity contribution in [2.45, 2.75) is 25.6 Å². The number of benzene rings is 3. The maximum absolute atomic E-state index is 13.1. The second-order valence-electron chi connectivity index (χ2n) is 7.75. The lowest BCUT2D eigenvalue weighted by Gasteiger charge is -2.28. The van der Waals surface area contributed by atoms with Gasteiger partial charge in [-0.15, -0.1) is 0 Å². The lowest BCUT2D eigenvalue weighted by atomic mass is 10.0.